The van der Waals surface area contributed by atoms with Gasteiger partial charge in [-0.3, -0.25) is 4.79 Å². The van der Waals surface area contributed by atoms with Crippen LogP contribution in [0.5, 0.6) is 0 Å². The Labute approximate surface area is 97.5 Å². The highest BCUT2D eigenvalue weighted by Gasteiger charge is 2.35. The van der Waals surface area contributed by atoms with Gasteiger partial charge in [-0.15, -0.1) is 0 Å². The highest BCUT2D eigenvalue weighted by molar-refractivity contribution is 5.69. The van der Waals surface area contributed by atoms with Gasteiger partial charge in [0.15, 0.2) is 0 Å². The second-order valence-electron chi connectivity index (χ2n) is 5.19. The normalized spacial score (nSPS) is 23.9. The van der Waals surface area contributed by atoms with Gasteiger partial charge in [-0.05, 0) is 38.5 Å². The molecular weight excluding hydrogens is 206 g/mol. The molecule has 1 fully saturated rings. The smallest absolute Gasteiger partial charge is 0.305 e. The molecule has 0 aliphatic carbocycles. The molecule has 0 radical (unpaired) electrons. The third-order valence-corrected chi connectivity index (χ3v) is 3.33. The lowest BCUT2D eigenvalue weighted by Gasteiger charge is -2.38. The molecule has 2 unspecified atom stereocenters. The number of hydrogen-bond acceptors (Lipinski definition) is 4. The van der Waals surface area contributed by atoms with Gasteiger partial charge in [0.25, 0.3) is 0 Å². The maximum Gasteiger partial charge on any atom is 0.305 e. The summed E-state index contributed by atoms with van der Waals surface area (Å²) >= 11 is 0. The van der Waals surface area contributed by atoms with Gasteiger partial charge >= 0.3 is 5.97 Å². The molecule has 1 heterocycles. The van der Waals surface area contributed by atoms with Crippen LogP contribution in [0.25, 0.3) is 0 Å². The van der Waals surface area contributed by atoms with E-state index in [1.54, 1.807) is 0 Å². The van der Waals surface area contributed by atoms with Gasteiger partial charge in [0.05, 0.1) is 13.5 Å². The van der Waals surface area contributed by atoms with Crippen LogP contribution in [0.15, 0.2) is 0 Å². The van der Waals surface area contributed by atoms with Gasteiger partial charge in [-0.25, -0.2) is 0 Å². The van der Waals surface area contributed by atoms with Gasteiger partial charge in [-0.1, -0.05) is 0 Å². The van der Waals surface area contributed by atoms with Crippen LogP contribution < -0.4 is 5.73 Å². The summed E-state index contributed by atoms with van der Waals surface area (Å²) in [5, 5.41) is 0. The van der Waals surface area contributed by atoms with Gasteiger partial charge in [0, 0.05) is 18.8 Å². The summed E-state index contributed by atoms with van der Waals surface area (Å²) in [6.45, 7) is 5.47. The van der Waals surface area contributed by atoms with Gasteiger partial charge in [-0.2, -0.15) is 0 Å². The SMILES string of the molecule is COC(=O)CC(C1CCCOC1)C(C)(C)N. The minimum absolute atomic E-state index is 0.125. The van der Waals surface area contributed by atoms with E-state index in [2.05, 4.69) is 0 Å². The number of ether oxygens (including phenoxy) is 2. The minimum atomic E-state index is -0.375. The number of carbonyl (C=O) groups excluding carboxylic acids is 1. The minimum Gasteiger partial charge on any atom is -0.469 e. The van der Waals surface area contributed by atoms with Crippen LogP contribution in [0.2, 0.25) is 0 Å². The van der Waals surface area contributed by atoms with Crippen molar-refractivity contribution in [1.82, 2.24) is 0 Å². The van der Waals surface area contributed by atoms with Crippen LogP contribution in [-0.4, -0.2) is 31.8 Å². The first-order chi connectivity index (χ1) is 7.45. The number of nitrogens with two attached hydrogens (primary N) is 1. The molecule has 1 saturated heterocycles. The molecule has 1 rings (SSSR count). The largest absolute Gasteiger partial charge is 0.469 e. The average Bonchev–Trinajstić information content (AvgIpc) is 2.25. The average molecular weight is 229 g/mol. The van der Waals surface area contributed by atoms with Crippen LogP contribution >= 0.6 is 0 Å². The standard InChI is InChI=1S/C12H23NO3/c1-12(2,13)10(7-11(14)15-3)9-5-4-6-16-8-9/h9-10H,4-8,13H2,1-3H3. The highest BCUT2D eigenvalue weighted by Crippen LogP contribution is 2.32. The number of esters is 1. The number of rotatable bonds is 4. The van der Waals surface area contributed by atoms with Crippen molar-refractivity contribution in [3.05, 3.63) is 0 Å². The Balaban J connectivity index is 2.66. The van der Waals surface area contributed by atoms with Crippen molar-refractivity contribution in [2.45, 2.75) is 38.6 Å². The molecule has 94 valence electrons. The Kier molecular flexibility index (Phi) is 4.74. The zero-order chi connectivity index (χ0) is 12.2. The highest BCUT2D eigenvalue weighted by atomic mass is 16.5. The molecule has 16 heavy (non-hydrogen) atoms. The van der Waals surface area contributed by atoms with E-state index in [4.69, 9.17) is 15.2 Å². The zero-order valence-corrected chi connectivity index (χ0v) is 10.5. The summed E-state index contributed by atoms with van der Waals surface area (Å²) in [6, 6.07) is 0. The van der Waals surface area contributed by atoms with E-state index in [1.165, 1.54) is 7.11 Å². The van der Waals surface area contributed by atoms with E-state index in [9.17, 15) is 4.79 Å². The van der Waals surface area contributed by atoms with Crippen molar-refractivity contribution in [2.75, 3.05) is 20.3 Å². The van der Waals surface area contributed by atoms with Crippen molar-refractivity contribution in [3.63, 3.8) is 0 Å². The second-order valence-corrected chi connectivity index (χ2v) is 5.19. The quantitative estimate of drug-likeness (QED) is 0.739. The third kappa shape index (κ3) is 3.76. The van der Waals surface area contributed by atoms with Crippen molar-refractivity contribution < 1.29 is 14.3 Å². The van der Waals surface area contributed by atoms with E-state index in [1.807, 2.05) is 13.8 Å². The summed E-state index contributed by atoms with van der Waals surface area (Å²) in [5.74, 6) is 0.308. The molecule has 1 aliphatic rings. The second kappa shape index (κ2) is 5.64. The fourth-order valence-electron chi connectivity index (χ4n) is 2.38. The molecule has 0 aromatic heterocycles. The molecule has 0 aromatic rings. The van der Waals surface area contributed by atoms with Crippen LogP contribution in [0.4, 0.5) is 0 Å². The van der Waals surface area contributed by atoms with E-state index in [0.29, 0.717) is 18.9 Å². The lowest BCUT2D eigenvalue weighted by molar-refractivity contribution is -0.143. The maximum absolute atomic E-state index is 11.4. The number of methoxy groups -OCH3 is 1. The molecule has 2 N–H and O–H groups in total. The van der Waals surface area contributed by atoms with Crippen molar-refractivity contribution in [2.24, 2.45) is 17.6 Å². The lowest BCUT2D eigenvalue weighted by Crippen LogP contribution is -2.47. The fraction of sp³-hybridized carbons (Fsp3) is 0.917. The summed E-state index contributed by atoms with van der Waals surface area (Å²) in [5.41, 5.74) is 5.77. The summed E-state index contributed by atoms with van der Waals surface area (Å²) in [6.07, 6.45) is 2.52. The molecule has 0 saturated carbocycles. The first-order valence-corrected chi connectivity index (χ1v) is 5.88. The number of carbonyl (C=O) groups is 1. The molecule has 2 atom stereocenters. The van der Waals surface area contributed by atoms with Gasteiger partial charge in [0.2, 0.25) is 0 Å². The Morgan fingerprint density at radius 2 is 2.31 bits per heavy atom. The predicted molar refractivity (Wildman–Crippen MR) is 61.9 cm³/mol. The topological polar surface area (TPSA) is 61.5 Å². The molecule has 0 bridgehead atoms. The van der Waals surface area contributed by atoms with E-state index in [0.717, 1.165) is 19.4 Å². The lowest BCUT2D eigenvalue weighted by atomic mass is 9.74. The molecule has 1 aliphatic heterocycles. The predicted octanol–water partition coefficient (Wildman–Crippen LogP) is 1.33. The Bertz CT molecular complexity index is 229. The molecule has 4 nitrogen and oxygen atoms in total. The van der Waals surface area contributed by atoms with E-state index >= 15 is 0 Å². The van der Waals surface area contributed by atoms with Gasteiger partial charge < -0.3 is 15.2 Å². The van der Waals surface area contributed by atoms with E-state index < -0.39 is 0 Å². The Morgan fingerprint density at radius 1 is 1.62 bits per heavy atom. The molecule has 0 amide bonds. The molecule has 0 spiro atoms. The third-order valence-electron chi connectivity index (χ3n) is 3.33. The molecular formula is C12H23NO3. The van der Waals surface area contributed by atoms with Crippen LogP contribution in [0.1, 0.15) is 33.1 Å². The van der Waals surface area contributed by atoms with E-state index in [-0.39, 0.29) is 17.4 Å². The summed E-state index contributed by atoms with van der Waals surface area (Å²) in [7, 11) is 1.42. The van der Waals surface area contributed by atoms with Crippen LogP contribution in [-0.2, 0) is 14.3 Å². The van der Waals surface area contributed by atoms with Crippen LogP contribution in [0, 0.1) is 11.8 Å². The van der Waals surface area contributed by atoms with Crippen molar-refractivity contribution in [3.8, 4) is 0 Å². The first-order valence-electron chi connectivity index (χ1n) is 5.88. The molecule has 0 aromatic carbocycles. The number of hydrogen-bond donors (Lipinski definition) is 1. The summed E-state index contributed by atoms with van der Waals surface area (Å²) in [4.78, 5) is 11.4. The van der Waals surface area contributed by atoms with Crippen LogP contribution in [0.3, 0.4) is 0 Å². The van der Waals surface area contributed by atoms with Crippen molar-refractivity contribution in [1.29, 1.82) is 0 Å². The maximum atomic E-state index is 11.4. The molecule has 4 heteroatoms. The van der Waals surface area contributed by atoms with Gasteiger partial charge in [0.1, 0.15) is 0 Å². The monoisotopic (exact) mass is 229 g/mol. The van der Waals surface area contributed by atoms with Crippen molar-refractivity contribution >= 4 is 5.97 Å². The Hall–Kier alpha value is -0.610. The fourth-order valence-corrected chi connectivity index (χ4v) is 2.38. The summed E-state index contributed by atoms with van der Waals surface area (Å²) < 4.78 is 10.2. The Morgan fingerprint density at radius 3 is 2.75 bits per heavy atom. The zero-order valence-electron chi connectivity index (χ0n) is 10.5. The first kappa shape index (κ1) is 13.5.